The van der Waals surface area contributed by atoms with Crippen LogP contribution in [-0.4, -0.2) is 17.8 Å². The standard InChI is InChI=1S/C11H13BrO2/c12-9-3-1-8(2-4-9)11(13)6-5-10-7-14-10/h1-4,10-11,13H,5-7H2. The lowest BCUT2D eigenvalue weighted by Crippen LogP contribution is -1.99. The van der Waals surface area contributed by atoms with Crippen molar-refractivity contribution in [3.8, 4) is 0 Å². The van der Waals surface area contributed by atoms with Crippen molar-refractivity contribution in [1.82, 2.24) is 0 Å². The Kier molecular flexibility index (Phi) is 3.21. The van der Waals surface area contributed by atoms with E-state index in [2.05, 4.69) is 15.9 Å². The number of aliphatic hydroxyl groups is 1. The number of benzene rings is 1. The molecule has 1 aromatic rings. The van der Waals surface area contributed by atoms with E-state index in [0.29, 0.717) is 6.10 Å². The van der Waals surface area contributed by atoms with Crippen molar-refractivity contribution in [2.45, 2.75) is 25.0 Å². The van der Waals surface area contributed by atoms with Gasteiger partial charge in [-0.1, -0.05) is 28.1 Å². The van der Waals surface area contributed by atoms with E-state index in [1.807, 2.05) is 24.3 Å². The first-order valence-electron chi connectivity index (χ1n) is 4.81. The third-order valence-corrected chi connectivity index (χ3v) is 2.95. The molecule has 14 heavy (non-hydrogen) atoms. The number of halogens is 1. The van der Waals surface area contributed by atoms with Crippen LogP contribution in [0, 0.1) is 0 Å². The molecule has 1 fully saturated rings. The van der Waals surface area contributed by atoms with Gasteiger partial charge in [-0.2, -0.15) is 0 Å². The molecule has 0 amide bonds. The second-order valence-electron chi connectivity index (χ2n) is 3.60. The van der Waals surface area contributed by atoms with Crippen molar-refractivity contribution < 1.29 is 9.84 Å². The summed E-state index contributed by atoms with van der Waals surface area (Å²) in [5.41, 5.74) is 0.980. The summed E-state index contributed by atoms with van der Waals surface area (Å²) in [6.45, 7) is 0.868. The van der Waals surface area contributed by atoms with Crippen LogP contribution in [-0.2, 0) is 4.74 Å². The predicted octanol–water partition coefficient (Wildman–Crippen LogP) is 2.66. The maximum Gasteiger partial charge on any atom is 0.0811 e. The van der Waals surface area contributed by atoms with E-state index >= 15 is 0 Å². The average Bonchev–Trinajstić information content (AvgIpc) is 2.99. The van der Waals surface area contributed by atoms with Crippen molar-refractivity contribution in [2.24, 2.45) is 0 Å². The summed E-state index contributed by atoms with van der Waals surface area (Å²) in [6.07, 6.45) is 1.79. The molecule has 2 atom stereocenters. The third kappa shape index (κ3) is 2.80. The van der Waals surface area contributed by atoms with Crippen LogP contribution in [0.15, 0.2) is 28.7 Å². The number of ether oxygens (including phenoxy) is 1. The molecule has 1 aliphatic rings. The molecule has 0 radical (unpaired) electrons. The highest BCUT2D eigenvalue weighted by Crippen LogP contribution is 2.24. The Balaban J connectivity index is 1.88. The van der Waals surface area contributed by atoms with Crippen LogP contribution < -0.4 is 0 Å². The molecule has 1 aromatic carbocycles. The monoisotopic (exact) mass is 256 g/mol. The number of hydrogen-bond donors (Lipinski definition) is 1. The molecule has 2 unspecified atom stereocenters. The molecule has 1 N–H and O–H groups in total. The molecule has 0 aliphatic carbocycles. The normalized spacial score (nSPS) is 22.0. The molecule has 1 saturated heterocycles. The fourth-order valence-corrected chi connectivity index (χ4v) is 1.69. The van der Waals surface area contributed by atoms with Gasteiger partial charge in [-0.15, -0.1) is 0 Å². The van der Waals surface area contributed by atoms with E-state index in [0.717, 1.165) is 29.5 Å². The fraction of sp³-hybridized carbons (Fsp3) is 0.455. The van der Waals surface area contributed by atoms with Gasteiger partial charge in [0, 0.05) is 4.47 Å². The molecule has 1 heterocycles. The molecular formula is C11H13BrO2. The first-order valence-corrected chi connectivity index (χ1v) is 5.60. The summed E-state index contributed by atoms with van der Waals surface area (Å²) in [4.78, 5) is 0. The Hall–Kier alpha value is -0.380. The van der Waals surface area contributed by atoms with Crippen molar-refractivity contribution in [3.05, 3.63) is 34.3 Å². The Morgan fingerprint density at radius 3 is 2.64 bits per heavy atom. The predicted molar refractivity (Wildman–Crippen MR) is 58.1 cm³/mol. The van der Waals surface area contributed by atoms with Gasteiger partial charge in [0.1, 0.15) is 0 Å². The Bertz CT molecular complexity index is 293. The Morgan fingerprint density at radius 1 is 1.43 bits per heavy atom. The minimum atomic E-state index is -0.354. The summed E-state index contributed by atoms with van der Waals surface area (Å²) in [5.74, 6) is 0. The van der Waals surface area contributed by atoms with E-state index in [1.165, 1.54) is 0 Å². The lowest BCUT2D eigenvalue weighted by atomic mass is 10.0. The van der Waals surface area contributed by atoms with Gasteiger partial charge in [-0.3, -0.25) is 0 Å². The zero-order chi connectivity index (χ0) is 9.97. The quantitative estimate of drug-likeness (QED) is 0.841. The van der Waals surface area contributed by atoms with Gasteiger partial charge in [0.05, 0.1) is 18.8 Å². The number of epoxide rings is 1. The van der Waals surface area contributed by atoms with Crippen LogP contribution in [0.1, 0.15) is 24.5 Å². The van der Waals surface area contributed by atoms with Gasteiger partial charge in [0.25, 0.3) is 0 Å². The lowest BCUT2D eigenvalue weighted by molar-refractivity contribution is 0.160. The van der Waals surface area contributed by atoms with E-state index in [-0.39, 0.29) is 6.10 Å². The molecule has 1 aliphatic heterocycles. The van der Waals surface area contributed by atoms with Gasteiger partial charge in [-0.25, -0.2) is 0 Å². The molecule has 0 aromatic heterocycles. The van der Waals surface area contributed by atoms with Crippen molar-refractivity contribution in [3.63, 3.8) is 0 Å². The van der Waals surface area contributed by atoms with Gasteiger partial charge in [0.2, 0.25) is 0 Å². The maximum atomic E-state index is 9.82. The Morgan fingerprint density at radius 2 is 2.07 bits per heavy atom. The molecule has 76 valence electrons. The molecule has 0 spiro atoms. The van der Waals surface area contributed by atoms with Gasteiger partial charge >= 0.3 is 0 Å². The highest BCUT2D eigenvalue weighted by Gasteiger charge is 2.23. The molecule has 3 heteroatoms. The molecule has 2 rings (SSSR count). The van der Waals surface area contributed by atoms with Crippen LogP contribution >= 0.6 is 15.9 Å². The van der Waals surface area contributed by atoms with Gasteiger partial charge in [0.15, 0.2) is 0 Å². The Labute approximate surface area is 92.0 Å². The van der Waals surface area contributed by atoms with Crippen LogP contribution in [0.2, 0.25) is 0 Å². The smallest absolute Gasteiger partial charge is 0.0811 e. The molecule has 0 bridgehead atoms. The summed E-state index contributed by atoms with van der Waals surface area (Å²) in [5, 5.41) is 9.82. The zero-order valence-corrected chi connectivity index (χ0v) is 9.40. The van der Waals surface area contributed by atoms with Crippen LogP contribution in [0.25, 0.3) is 0 Å². The van der Waals surface area contributed by atoms with Gasteiger partial charge < -0.3 is 9.84 Å². The maximum absolute atomic E-state index is 9.82. The van der Waals surface area contributed by atoms with Crippen molar-refractivity contribution in [1.29, 1.82) is 0 Å². The molecule has 2 nitrogen and oxygen atoms in total. The van der Waals surface area contributed by atoms with E-state index in [4.69, 9.17) is 4.74 Å². The molecular weight excluding hydrogens is 244 g/mol. The lowest BCUT2D eigenvalue weighted by Gasteiger charge is -2.09. The second kappa shape index (κ2) is 4.43. The zero-order valence-electron chi connectivity index (χ0n) is 7.82. The van der Waals surface area contributed by atoms with Crippen LogP contribution in [0.4, 0.5) is 0 Å². The largest absolute Gasteiger partial charge is 0.388 e. The summed E-state index contributed by atoms with van der Waals surface area (Å²) in [6, 6.07) is 7.80. The number of rotatable bonds is 4. The third-order valence-electron chi connectivity index (χ3n) is 2.42. The van der Waals surface area contributed by atoms with E-state index in [9.17, 15) is 5.11 Å². The topological polar surface area (TPSA) is 32.8 Å². The first-order chi connectivity index (χ1) is 6.75. The highest BCUT2D eigenvalue weighted by atomic mass is 79.9. The van der Waals surface area contributed by atoms with E-state index < -0.39 is 0 Å². The fourth-order valence-electron chi connectivity index (χ4n) is 1.43. The molecule has 0 saturated carbocycles. The summed E-state index contributed by atoms with van der Waals surface area (Å²) >= 11 is 3.37. The van der Waals surface area contributed by atoms with Crippen LogP contribution in [0.5, 0.6) is 0 Å². The second-order valence-corrected chi connectivity index (χ2v) is 4.52. The minimum absolute atomic E-state index is 0.354. The highest BCUT2D eigenvalue weighted by molar-refractivity contribution is 9.10. The number of hydrogen-bond acceptors (Lipinski definition) is 2. The van der Waals surface area contributed by atoms with E-state index in [1.54, 1.807) is 0 Å². The average molecular weight is 257 g/mol. The minimum Gasteiger partial charge on any atom is -0.388 e. The SMILES string of the molecule is OC(CCC1CO1)c1ccc(Br)cc1. The van der Waals surface area contributed by atoms with Crippen LogP contribution in [0.3, 0.4) is 0 Å². The van der Waals surface area contributed by atoms with Gasteiger partial charge in [-0.05, 0) is 30.5 Å². The first kappa shape index (κ1) is 10.1. The van der Waals surface area contributed by atoms with Crippen molar-refractivity contribution in [2.75, 3.05) is 6.61 Å². The number of aliphatic hydroxyl groups excluding tert-OH is 1. The van der Waals surface area contributed by atoms with Crippen molar-refractivity contribution >= 4 is 15.9 Å². The summed E-state index contributed by atoms with van der Waals surface area (Å²) in [7, 11) is 0. The summed E-state index contributed by atoms with van der Waals surface area (Å²) < 4.78 is 6.14.